The molecule has 0 saturated heterocycles. The van der Waals surface area contributed by atoms with Crippen molar-refractivity contribution in [2.75, 3.05) is 12.8 Å². The summed E-state index contributed by atoms with van der Waals surface area (Å²) in [7, 11) is -2.88. The Bertz CT molecular complexity index is 283. The fraction of sp³-hybridized carbons (Fsp3) is 1.00. The van der Waals surface area contributed by atoms with Crippen LogP contribution in [0, 0.1) is 0 Å². The molecule has 0 atom stereocenters. The zero-order valence-electron chi connectivity index (χ0n) is 8.85. The second kappa shape index (κ2) is 2.95. The number of hydrogen-bond donors (Lipinski definition) is 1. The molecule has 0 aromatic heterocycles. The minimum Gasteiger partial charge on any atom is -0.310 e. The molecule has 78 valence electrons. The summed E-state index contributed by atoms with van der Waals surface area (Å²) >= 11 is 0. The van der Waals surface area contributed by atoms with Gasteiger partial charge in [0.15, 0.2) is 9.84 Å². The molecule has 0 bridgehead atoms. The summed E-state index contributed by atoms with van der Waals surface area (Å²) in [6, 6.07) is 0. The first-order valence-electron chi connectivity index (χ1n) is 4.61. The highest BCUT2D eigenvalue weighted by molar-refractivity contribution is 7.92. The van der Waals surface area contributed by atoms with E-state index in [1.807, 2.05) is 20.8 Å². The van der Waals surface area contributed by atoms with Crippen LogP contribution < -0.4 is 5.32 Å². The van der Waals surface area contributed by atoms with Crippen molar-refractivity contribution in [1.29, 1.82) is 0 Å². The lowest BCUT2D eigenvalue weighted by atomic mass is 10.1. The van der Waals surface area contributed by atoms with E-state index < -0.39 is 14.6 Å². The van der Waals surface area contributed by atoms with Crippen molar-refractivity contribution in [3.8, 4) is 0 Å². The van der Waals surface area contributed by atoms with Crippen molar-refractivity contribution in [2.24, 2.45) is 0 Å². The number of nitrogens with one attached hydrogen (secondary N) is 1. The Labute approximate surface area is 80.8 Å². The smallest absolute Gasteiger partial charge is 0.154 e. The summed E-state index contributed by atoms with van der Waals surface area (Å²) in [6.07, 6.45) is 2.97. The maximum Gasteiger partial charge on any atom is 0.154 e. The summed E-state index contributed by atoms with van der Waals surface area (Å²) in [5.74, 6) is 0. The highest BCUT2D eigenvalue weighted by atomic mass is 32.2. The number of rotatable bonds is 3. The van der Waals surface area contributed by atoms with Crippen LogP contribution in [0.3, 0.4) is 0 Å². The third-order valence-corrected chi connectivity index (χ3v) is 4.66. The summed E-state index contributed by atoms with van der Waals surface area (Å²) in [5.41, 5.74) is 0.000278. The van der Waals surface area contributed by atoms with Crippen LogP contribution in [0.2, 0.25) is 0 Å². The second-order valence-electron chi connectivity index (χ2n) is 5.06. The highest BCUT2D eigenvalue weighted by Gasteiger charge is 2.51. The largest absolute Gasteiger partial charge is 0.310 e. The molecule has 0 aromatic rings. The first-order chi connectivity index (χ1) is 5.66. The van der Waals surface area contributed by atoms with Gasteiger partial charge < -0.3 is 5.32 Å². The Hall–Kier alpha value is -0.0900. The Morgan fingerprint density at radius 3 is 2.00 bits per heavy atom. The van der Waals surface area contributed by atoms with Crippen LogP contribution in [-0.4, -0.2) is 31.5 Å². The van der Waals surface area contributed by atoms with Gasteiger partial charge in [0.2, 0.25) is 0 Å². The lowest BCUT2D eigenvalue weighted by molar-refractivity contribution is 0.418. The van der Waals surface area contributed by atoms with Crippen molar-refractivity contribution < 1.29 is 8.42 Å². The molecular formula is C9H19NO2S. The van der Waals surface area contributed by atoms with Gasteiger partial charge >= 0.3 is 0 Å². The zero-order valence-corrected chi connectivity index (χ0v) is 9.66. The molecule has 1 aliphatic rings. The third kappa shape index (κ3) is 2.68. The summed E-state index contributed by atoms with van der Waals surface area (Å²) < 4.78 is 22.3. The molecule has 0 heterocycles. The minimum absolute atomic E-state index is 0.000278. The summed E-state index contributed by atoms with van der Waals surface area (Å²) in [5, 5.41) is 3.25. The second-order valence-corrected chi connectivity index (χ2v) is 7.47. The van der Waals surface area contributed by atoms with E-state index in [2.05, 4.69) is 5.32 Å². The van der Waals surface area contributed by atoms with Crippen LogP contribution >= 0.6 is 0 Å². The van der Waals surface area contributed by atoms with Crippen molar-refractivity contribution in [1.82, 2.24) is 5.32 Å². The molecule has 1 fully saturated rings. The predicted molar refractivity (Wildman–Crippen MR) is 54.6 cm³/mol. The summed E-state index contributed by atoms with van der Waals surface area (Å²) in [6.45, 7) is 6.73. The molecule has 13 heavy (non-hydrogen) atoms. The summed E-state index contributed by atoms with van der Waals surface area (Å²) in [4.78, 5) is 0. The molecule has 0 amide bonds. The lowest BCUT2D eigenvalue weighted by Crippen LogP contribution is -2.44. The van der Waals surface area contributed by atoms with Crippen LogP contribution in [0.25, 0.3) is 0 Å². The van der Waals surface area contributed by atoms with E-state index in [0.29, 0.717) is 6.54 Å². The van der Waals surface area contributed by atoms with E-state index in [9.17, 15) is 8.42 Å². The van der Waals surface area contributed by atoms with Gasteiger partial charge in [-0.25, -0.2) is 8.42 Å². The topological polar surface area (TPSA) is 46.2 Å². The first-order valence-corrected chi connectivity index (χ1v) is 6.50. The average molecular weight is 205 g/mol. The van der Waals surface area contributed by atoms with E-state index in [-0.39, 0.29) is 5.54 Å². The maximum atomic E-state index is 11.4. The fourth-order valence-corrected chi connectivity index (χ4v) is 2.42. The van der Waals surface area contributed by atoms with Crippen LogP contribution in [0.4, 0.5) is 0 Å². The molecule has 1 saturated carbocycles. The molecule has 1 rings (SSSR count). The van der Waals surface area contributed by atoms with Gasteiger partial charge in [0.25, 0.3) is 0 Å². The Kier molecular flexibility index (Phi) is 2.50. The predicted octanol–water partition coefficient (Wildman–Crippen LogP) is 0.952. The van der Waals surface area contributed by atoms with E-state index >= 15 is 0 Å². The molecule has 0 spiro atoms. The number of sulfone groups is 1. The van der Waals surface area contributed by atoms with E-state index in [4.69, 9.17) is 0 Å². The molecule has 1 aliphatic carbocycles. The van der Waals surface area contributed by atoms with Crippen LogP contribution in [0.15, 0.2) is 0 Å². The van der Waals surface area contributed by atoms with Crippen molar-refractivity contribution >= 4 is 9.84 Å². The molecule has 3 nitrogen and oxygen atoms in total. The molecule has 4 heteroatoms. The quantitative estimate of drug-likeness (QED) is 0.746. The van der Waals surface area contributed by atoms with Crippen molar-refractivity contribution in [2.45, 2.75) is 43.9 Å². The minimum atomic E-state index is -2.88. The van der Waals surface area contributed by atoms with Gasteiger partial charge in [0.1, 0.15) is 0 Å². The first kappa shape index (κ1) is 11.0. The Balaban J connectivity index is 2.56. The molecule has 0 aromatic carbocycles. The van der Waals surface area contributed by atoms with Crippen LogP contribution in [0.5, 0.6) is 0 Å². The molecule has 0 aliphatic heterocycles. The van der Waals surface area contributed by atoms with Gasteiger partial charge in [0, 0.05) is 18.3 Å². The fourth-order valence-electron chi connectivity index (χ4n) is 1.24. The van der Waals surface area contributed by atoms with Gasteiger partial charge in [-0.2, -0.15) is 0 Å². The van der Waals surface area contributed by atoms with E-state index in [0.717, 1.165) is 12.8 Å². The third-order valence-electron chi connectivity index (χ3n) is 2.54. The average Bonchev–Trinajstić information content (AvgIpc) is 2.58. The van der Waals surface area contributed by atoms with E-state index in [1.165, 1.54) is 6.26 Å². The van der Waals surface area contributed by atoms with Gasteiger partial charge in [-0.05, 0) is 33.6 Å². The van der Waals surface area contributed by atoms with Gasteiger partial charge in [0.05, 0.1) is 4.75 Å². The Morgan fingerprint density at radius 1 is 1.31 bits per heavy atom. The standard InChI is InChI=1S/C9H19NO2S/c1-8(2,3)10-7-9(5-6-9)13(4,11)12/h10H,5-7H2,1-4H3. The van der Waals surface area contributed by atoms with Gasteiger partial charge in [-0.3, -0.25) is 0 Å². The molecule has 1 N–H and O–H groups in total. The van der Waals surface area contributed by atoms with Crippen LogP contribution in [0.1, 0.15) is 33.6 Å². The lowest BCUT2D eigenvalue weighted by Gasteiger charge is -2.24. The highest BCUT2D eigenvalue weighted by Crippen LogP contribution is 2.42. The van der Waals surface area contributed by atoms with E-state index in [1.54, 1.807) is 0 Å². The van der Waals surface area contributed by atoms with Crippen molar-refractivity contribution in [3.63, 3.8) is 0 Å². The maximum absolute atomic E-state index is 11.4. The SMILES string of the molecule is CC(C)(C)NCC1(S(C)(=O)=O)CC1. The van der Waals surface area contributed by atoms with Crippen LogP contribution in [-0.2, 0) is 9.84 Å². The molecule has 0 unspecified atom stereocenters. The van der Waals surface area contributed by atoms with Gasteiger partial charge in [-0.15, -0.1) is 0 Å². The number of hydrogen-bond acceptors (Lipinski definition) is 3. The zero-order chi connectivity index (χ0) is 10.3. The van der Waals surface area contributed by atoms with Crippen molar-refractivity contribution in [3.05, 3.63) is 0 Å². The Morgan fingerprint density at radius 2 is 1.77 bits per heavy atom. The molecule has 0 radical (unpaired) electrons. The molecular weight excluding hydrogens is 186 g/mol. The monoisotopic (exact) mass is 205 g/mol. The normalized spacial score (nSPS) is 21.5. The van der Waals surface area contributed by atoms with Gasteiger partial charge in [-0.1, -0.05) is 0 Å².